The van der Waals surface area contributed by atoms with E-state index in [9.17, 15) is 9.59 Å². The molecule has 0 aliphatic carbocycles. The Morgan fingerprint density at radius 1 is 1.55 bits per heavy atom. The Labute approximate surface area is 119 Å². The largest absolute Gasteiger partial charge is 0.480 e. The molecule has 0 radical (unpaired) electrons. The molecule has 0 aliphatic heterocycles. The summed E-state index contributed by atoms with van der Waals surface area (Å²) < 4.78 is 1.48. The topological polar surface area (TPSA) is 97.7 Å². The van der Waals surface area contributed by atoms with Crippen LogP contribution in [0.4, 0.5) is 0 Å². The van der Waals surface area contributed by atoms with Crippen molar-refractivity contribution in [3.8, 4) is 0 Å². The number of nitrogens with zero attached hydrogens (tertiary/aromatic N) is 2. The second kappa shape index (κ2) is 6.06. The minimum atomic E-state index is -1.03. The van der Waals surface area contributed by atoms with E-state index in [0.717, 1.165) is 5.56 Å². The molecule has 0 aliphatic rings. The fourth-order valence-corrected chi connectivity index (χ4v) is 2.56. The lowest BCUT2D eigenvalue weighted by atomic mass is 10.3. The van der Waals surface area contributed by atoms with Crippen molar-refractivity contribution >= 4 is 23.4 Å². The number of rotatable bonds is 5. The van der Waals surface area contributed by atoms with Gasteiger partial charge in [-0.2, -0.15) is 11.8 Å². The van der Waals surface area contributed by atoms with Gasteiger partial charge in [0, 0.05) is 23.8 Å². The van der Waals surface area contributed by atoms with Crippen LogP contribution in [0.1, 0.15) is 11.3 Å². The molecule has 6 nitrogen and oxygen atoms in total. The van der Waals surface area contributed by atoms with Gasteiger partial charge in [-0.1, -0.05) is 0 Å². The highest BCUT2D eigenvalue weighted by Crippen LogP contribution is 2.11. The van der Waals surface area contributed by atoms with Crippen molar-refractivity contribution in [3.05, 3.63) is 46.0 Å². The molecule has 106 valence electrons. The molecule has 0 aromatic carbocycles. The van der Waals surface area contributed by atoms with Crippen molar-refractivity contribution < 1.29 is 9.90 Å². The zero-order valence-electron chi connectivity index (χ0n) is 10.9. The van der Waals surface area contributed by atoms with Gasteiger partial charge in [-0.25, -0.2) is 4.98 Å². The van der Waals surface area contributed by atoms with Crippen LogP contribution >= 0.6 is 11.8 Å². The molecular formula is C13H15N3O3S. The van der Waals surface area contributed by atoms with E-state index in [1.54, 1.807) is 6.20 Å². The molecule has 0 saturated carbocycles. The number of carboxylic acid groups (broad SMARTS) is 1. The molecule has 2 aromatic rings. The molecule has 0 fully saturated rings. The molecule has 0 unspecified atom stereocenters. The zero-order valence-corrected chi connectivity index (χ0v) is 11.8. The fraction of sp³-hybridized carbons (Fsp3) is 0.308. The first-order valence-corrected chi connectivity index (χ1v) is 7.18. The number of aryl methyl sites for hydroxylation is 1. The summed E-state index contributed by atoms with van der Waals surface area (Å²) in [7, 11) is 0. The van der Waals surface area contributed by atoms with Gasteiger partial charge in [0.05, 0.1) is 5.69 Å². The zero-order chi connectivity index (χ0) is 14.7. The minimum Gasteiger partial charge on any atom is -0.480 e. The van der Waals surface area contributed by atoms with Gasteiger partial charge in [0.25, 0.3) is 5.56 Å². The van der Waals surface area contributed by atoms with Crippen LogP contribution in [0.3, 0.4) is 0 Å². The minimum absolute atomic E-state index is 0.145. The Morgan fingerprint density at radius 2 is 2.30 bits per heavy atom. The monoisotopic (exact) mass is 293 g/mol. The number of aliphatic carboxylic acids is 1. The first-order chi connectivity index (χ1) is 9.47. The number of thioether (sulfide) groups is 1. The van der Waals surface area contributed by atoms with E-state index in [-0.39, 0.29) is 11.3 Å². The average molecular weight is 293 g/mol. The van der Waals surface area contributed by atoms with Crippen LogP contribution in [0.25, 0.3) is 5.65 Å². The molecular weight excluding hydrogens is 278 g/mol. The van der Waals surface area contributed by atoms with E-state index >= 15 is 0 Å². The quantitative estimate of drug-likeness (QED) is 0.840. The van der Waals surface area contributed by atoms with E-state index < -0.39 is 12.0 Å². The number of hydrogen-bond acceptors (Lipinski definition) is 5. The smallest absolute Gasteiger partial charge is 0.321 e. The second-order valence-corrected chi connectivity index (χ2v) is 5.51. The van der Waals surface area contributed by atoms with E-state index in [1.165, 1.54) is 22.2 Å². The first kappa shape index (κ1) is 14.5. The molecule has 7 heteroatoms. The van der Waals surface area contributed by atoms with Crippen molar-refractivity contribution in [2.75, 3.05) is 5.75 Å². The number of carbonyl (C=O) groups is 1. The molecule has 2 heterocycles. The van der Waals surface area contributed by atoms with Crippen LogP contribution in [-0.4, -0.2) is 32.3 Å². The number of fused-ring (bicyclic) bond motifs is 1. The van der Waals surface area contributed by atoms with Gasteiger partial charge in [-0.3, -0.25) is 14.0 Å². The summed E-state index contributed by atoms with van der Waals surface area (Å²) >= 11 is 1.35. The van der Waals surface area contributed by atoms with Gasteiger partial charge in [0.1, 0.15) is 11.7 Å². The average Bonchev–Trinajstić information content (AvgIpc) is 2.37. The molecule has 0 spiro atoms. The predicted octanol–water partition coefficient (Wildman–Crippen LogP) is 0.648. The highest BCUT2D eigenvalue weighted by molar-refractivity contribution is 7.98. The van der Waals surface area contributed by atoms with Crippen LogP contribution < -0.4 is 11.3 Å². The van der Waals surface area contributed by atoms with Gasteiger partial charge in [-0.05, 0) is 24.6 Å². The normalized spacial score (nSPS) is 12.5. The van der Waals surface area contributed by atoms with Crippen molar-refractivity contribution in [2.24, 2.45) is 5.73 Å². The predicted molar refractivity (Wildman–Crippen MR) is 78.0 cm³/mol. The second-order valence-electron chi connectivity index (χ2n) is 4.48. The van der Waals surface area contributed by atoms with E-state index in [1.807, 2.05) is 19.1 Å². The van der Waals surface area contributed by atoms with Crippen molar-refractivity contribution in [1.82, 2.24) is 9.38 Å². The van der Waals surface area contributed by atoms with Crippen molar-refractivity contribution in [2.45, 2.75) is 18.7 Å². The maximum atomic E-state index is 11.9. The number of hydrogen-bond donors (Lipinski definition) is 2. The number of nitrogens with two attached hydrogens (primary N) is 1. The van der Waals surface area contributed by atoms with E-state index in [2.05, 4.69) is 4.98 Å². The highest BCUT2D eigenvalue weighted by Gasteiger charge is 2.11. The summed E-state index contributed by atoms with van der Waals surface area (Å²) in [6, 6.07) is 4.24. The molecule has 2 rings (SSSR count). The van der Waals surface area contributed by atoms with Crippen LogP contribution in [0.2, 0.25) is 0 Å². The standard InChI is InChI=1S/C13H15N3O3S/c1-8-2-3-16-11(4-8)15-9(5-12(16)17)6-20-7-10(14)13(18)19/h2-5,10H,6-7,14H2,1H3,(H,18,19)/t10-/m1/s1. The molecule has 20 heavy (non-hydrogen) atoms. The molecule has 3 N–H and O–H groups in total. The van der Waals surface area contributed by atoms with Gasteiger partial charge < -0.3 is 10.8 Å². The lowest BCUT2D eigenvalue weighted by molar-refractivity contribution is -0.137. The molecule has 2 aromatic heterocycles. The van der Waals surface area contributed by atoms with Crippen LogP contribution in [0, 0.1) is 6.92 Å². The summed E-state index contributed by atoms with van der Waals surface area (Å²) in [5.41, 5.74) is 7.51. The molecule has 0 amide bonds. The van der Waals surface area contributed by atoms with Crippen molar-refractivity contribution in [3.63, 3.8) is 0 Å². The Hall–Kier alpha value is -1.86. The fourth-order valence-electron chi connectivity index (χ4n) is 1.69. The third kappa shape index (κ3) is 3.37. The Balaban J connectivity index is 2.15. The highest BCUT2D eigenvalue weighted by atomic mass is 32.2. The lowest BCUT2D eigenvalue weighted by Crippen LogP contribution is -2.32. The van der Waals surface area contributed by atoms with Crippen LogP contribution in [0.15, 0.2) is 29.2 Å². The van der Waals surface area contributed by atoms with Gasteiger partial charge in [0.2, 0.25) is 0 Å². The third-order valence-corrected chi connectivity index (χ3v) is 3.84. The van der Waals surface area contributed by atoms with E-state index in [4.69, 9.17) is 10.8 Å². The Morgan fingerprint density at radius 3 is 3.00 bits per heavy atom. The van der Waals surface area contributed by atoms with E-state index in [0.29, 0.717) is 17.1 Å². The maximum absolute atomic E-state index is 11.9. The summed E-state index contributed by atoms with van der Waals surface area (Å²) in [5, 5.41) is 8.69. The van der Waals surface area contributed by atoms with Crippen LogP contribution in [-0.2, 0) is 10.5 Å². The SMILES string of the molecule is Cc1ccn2c(=O)cc(CSC[C@@H](N)C(=O)O)nc2c1. The summed E-state index contributed by atoms with van der Waals surface area (Å²) in [6.45, 7) is 1.93. The third-order valence-electron chi connectivity index (χ3n) is 2.74. The lowest BCUT2D eigenvalue weighted by Gasteiger charge is -2.07. The summed E-state index contributed by atoms with van der Waals surface area (Å²) in [5.74, 6) is -0.287. The summed E-state index contributed by atoms with van der Waals surface area (Å²) in [4.78, 5) is 26.9. The molecule has 1 atom stereocenters. The van der Waals surface area contributed by atoms with Crippen LogP contribution in [0.5, 0.6) is 0 Å². The van der Waals surface area contributed by atoms with Gasteiger partial charge >= 0.3 is 5.97 Å². The number of carboxylic acids is 1. The molecule has 0 bridgehead atoms. The van der Waals surface area contributed by atoms with Crippen molar-refractivity contribution in [1.29, 1.82) is 0 Å². The Kier molecular flexibility index (Phi) is 4.41. The Bertz CT molecular complexity index is 699. The van der Waals surface area contributed by atoms with Gasteiger partial charge in [-0.15, -0.1) is 0 Å². The number of pyridine rings is 1. The molecule has 0 saturated heterocycles. The maximum Gasteiger partial charge on any atom is 0.321 e. The first-order valence-electron chi connectivity index (χ1n) is 6.02. The van der Waals surface area contributed by atoms with Gasteiger partial charge in [0.15, 0.2) is 0 Å². The number of aromatic nitrogens is 2. The summed E-state index contributed by atoms with van der Waals surface area (Å²) in [6.07, 6.45) is 1.69.